The van der Waals surface area contributed by atoms with Gasteiger partial charge in [0.25, 0.3) is 0 Å². The van der Waals surface area contributed by atoms with Gasteiger partial charge < -0.3 is 0 Å². The molecule has 0 atom stereocenters. The van der Waals surface area contributed by atoms with Gasteiger partial charge >= 0.3 is 0 Å². The number of hydrogen-bond acceptors (Lipinski definition) is 2. The number of nitrogens with zero attached hydrogens (tertiary/aromatic N) is 3. The van der Waals surface area contributed by atoms with Crippen LogP contribution in [0.25, 0.3) is 72.0 Å². The lowest BCUT2D eigenvalue weighted by Gasteiger charge is -2.11. The molecule has 162 valence electrons. The standard InChI is InChI=1S/C32H19N3/c1-2-8-20(9-3-1)21-15-16-29-25(18-21)22-10-4-5-14-28(22)35(29)30-19-26-23-12-7-17-33-32(23)24-11-6-13-27(34-30)31(24)26/h1-19H. The molecular weight excluding hydrogens is 426 g/mol. The zero-order valence-electron chi connectivity index (χ0n) is 18.8. The predicted octanol–water partition coefficient (Wildman–Crippen LogP) is 8.04. The highest BCUT2D eigenvalue weighted by molar-refractivity contribution is 6.14. The topological polar surface area (TPSA) is 30.7 Å². The summed E-state index contributed by atoms with van der Waals surface area (Å²) in [5.74, 6) is 0.931. The van der Waals surface area contributed by atoms with Gasteiger partial charge in [0.05, 0.1) is 22.2 Å². The molecule has 0 aliphatic heterocycles. The van der Waals surface area contributed by atoms with Gasteiger partial charge in [-0.2, -0.15) is 0 Å². The van der Waals surface area contributed by atoms with E-state index in [1.807, 2.05) is 12.3 Å². The van der Waals surface area contributed by atoms with Crippen LogP contribution in [0.5, 0.6) is 0 Å². The van der Waals surface area contributed by atoms with Gasteiger partial charge in [-0.05, 0) is 53.1 Å². The smallest absolute Gasteiger partial charge is 0.138 e. The number of hydrogen-bond donors (Lipinski definition) is 0. The van der Waals surface area contributed by atoms with Gasteiger partial charge in [0, 0.05) is 33.5 Å². The van der Waals surface area contributed by atoms with Crippen LogP contribution in [0.15, 0.2) is 115 Å². The van der Waals surface area contributed by atoms with Crippen LogP contribution >= 0.6 is 0 Å². The van der Waals surface area contributed by atoms with Crippen molar-refractivity contribution in [3.63, 3.8) is 0 Å². The molecule has 0 unspecified atom stereocenters. The van der Waals surface area contributed by atoms with Gasteiger partial charge in [0.15, 0.2) is 0 Å². The van der Waals surface area contributed by atoms with E-state index in [0.29, 0.717) is 0 Å². The number of aromatic nitrogens is 3. The fourth-order valence-corrected chi connectivity index (χ4v) is 5.66. The Morgan fingerprint density at radius 1 is 0.543 bits per heavy atom. The molecule has 1 aliphatic carbocycles. The summed E-state index contributed by atoms with van der Waals surface area (Å²) in [6, 6.07) is 38.7. The van der Waals surface area contributed by atoms with E-state index in [0.717, 1.165) is 28.1 Å². The van der Waals surface area contributed by atoms with Gasteiger partial charge in [-0.3, -0.25) is 9.55 Å². The highest BCUT2D eigenvalue weighted by atomic mass is 15.1. The summed E-state index contributed by atoms with van der Waals surface area (Å²) in [7, 11) is 0. The lowest BCUT2D eigenvalue weighted by atomic mass is 10.0. The molecule has 4 aromatic carbocycles. The van der Waals surface area contributed by atoms with Crippen LogP contribution in [0.2, 0.25) is 0 Å². The van der Waals surface area contributed by atoms with E-state index >= 15 is 0 Å². The molecule has 0 amide bonds. The molecule has 0 saturated carbocycles. The van der Waals surface area contributed by atoms with Crippen molar-refractivity contribution >= 4 is 32.7 Å². The number of benzene rings is 4. The Morgan fingerprint density at radius 2 is 1.37 bits per heavy atom. The molecule has 3 heterocycles. The van der Waals surface area contributed by atoms with Gasteiger partial charge in [-0.15, -0.1) is 0 Å². The second-order valence-electron chi connectivity index (χ2n) is 9.08. The van der Waals surface area contributed by atoms with Crippen LogP contribution in [0.1, 0.15) is 0 Å². The van der Waals surface area contributed by atoms with Crippen LogP contribution in [-0.2, 0) is 0 Å². The second-order valence-corrected chi connectivity index (χ2v) is 9.08. The first-order valence-electron chi connectivity index (χ1n) is 11.9. The first kappa shape index (κ1) is 18.6. The van der Waals surface area contributed by atoms with E-state index < -0.39 is 0 Å². The Labute approximate surface area is 202 Å². The van der Waals surface area contributed by atoms with Crippen molar-refractivity contribution in [2.45, 2.75) is 0 Å². The minimum absolute atomic E-state index is 0.931. The summed E-state index contributed by atoms with van der Waals surface area (Å²) in [5.41, 5.74) is 10.3. The van der Waals surface area contributed by atoms with Crippen LogP contribution in [0.4, 0.5) is 0 Å². The van der Waals surface area contributed by atoms with Crippen molar-refractivity contribution in [1.29, 1.82) is 0 Å². The van der Waals surface area contributed by atoms with Crippen LogP contribution in [0.3, 0.4) is 0 Å². The van der Waals surface area contributed by atoms with E-state index in [9.17, 15) is 0 Å². The Balaban J connectivity index is 1.45. The molecule has 1 aliphatic rings. The highest BCUT2D eigenvalue weighted by Gasteiger charge is 2.24. The van der Waals surface area contributed by atoms with E-state index in [-0.39, 0.29) is 0 Å². The molecule has 0 spiro atoms. The molecule has 35 heavy (non-hydrogen) atoms. The summed E-state index contributed by atoms with van der Waals surface area (Å²) in [4.78, 5) is 9.87. The molecular formula is C32H19N3. The first-order chi connectivity index (χ1) is 17.4. The zero-order chi connectivity index (χ0) is 22.9. The fourth-order valence-electron chi connectivity index (χ4n) is 5.66. The Kier molecular flexibility index (Phi) is 3.66. The Bertz CT molecular complexity index is 1950. The molecule has 0 fully saturated rings. The SMILES string of the molecule is c1ccc(-c2ccc3c(c2)c2ccccc2n3-c2cc3c4c(cccc4n2)-c2ncccc2-3)cc1. The van der Waals surface area contributed by atoms with Crippen LogP contribution < -0.4 is 0 Å². The lowest BCUT2D eigenvalue weighted by molar-refractivity contribution is 1.10. The van der Waals surface area contributed by atoms with E-state index in [4.69, 9.17) is 9.97 Å². The third kappa shape index (κ3) is 2.55. The van der Waals surface area contributed by atoms with E-state index in [1.54, 1.807) is 0 Å². The molecule has 0 saturated heterocycles. The molecule has 3 nitrogen and oxygen atoms in total. The summed E-state index contributed by atoms with van der Waals surface area (Å²) in [5, 5.41) is 3.66. The van der Waals surface area contributed by atoms with Crippen molar-refractivity contribution in [1.82, 2.24) is 14.5 Å². The fraction of sp³-hybridized carbons (Fsp3) is 0. The molecule has 3 aromatic heterocycles. The summed E-state index contributed by atoms with van der Waals surface area (Å²) >= 11 is 0. The maximum absolute atomic E-state index is 5.18. The molecule has 8 rings (SSSR count). The first-order valence-corrected chi connectivity index (χ1v) is 11.9. The van der Waals surface area contributed by atoms with Crippen molar-refractivity contribution < 1.29 is 0 Å². The van der Waals surface area contributed by atoms with Crippen molar-refractivity contribution in [2.24, 2.45) is 0 Å². The minimum Gasteiger partial charge on any atom is -0.294 e. The lowest BCUT2D eigenvalue weighted by Crippen LogP contribution is -1.98. The molecule has 0 bridgehead atoms. The number of para-hydroxylation sites is 1. The maximum Gasteiger partial charge on any atom is 0.138 e. The number of fused-ring (bicyclic) bond motifs is 6. The quantitative estimate of drug-likeness (QED) is 0.269. The minimum atomic E-state index is 0.931. The largest absolute Gasteiger partial charge is 0.294 e. The molecule has 3 heteroatoms. The average molecular weight is 446 g/mol. The van der Waals surface area contributed by atoms with Crippen molar-refractivity contribution in [3.05, 3.63) is 115 Å². The number of pyridine rings is 2. The van der Waals surface area contributed by atoms with Crippen molar-refractivity contribution in [2.75, 3.05) is 0 Å². The van der Waals surface area contributed by atoms with Gasteiger partial charge in [-0.25, -0.2) is 4.98 Å². The predicted molar refractivity (Wildman–Crippen MR) is 144 cm³/mol. The summed E-state index contributed by atoms with van der Waals surface area (Å²) in [6.07, 6.45) is 1.87. The molecule has 0 N–H and O–H groups in total. The Hall–Kier alpha value is -4.76. The third-order valence-electron chi connectivity index (χ3n) is 7.18. The molecule has 0 radical (unpaired) electrons. The Morgan fingerprint density at radius 3 is 2.31 bits per heavy atom. The summed E-state index contributed by atoms with van der Waals surface area (Å²) < 4.78 is 2.30. The normalized spacial score (nSPS) is 12.0. The highest BCUT2D eigenvalue weighted by Crippen LogP contribution is 2.46. The van der Waals surface area contributed by atoms with E-state index in [2.05, 4.69) is 108 Å². The summed E-state index contributed by atoms with van der Waals surface area (Å²) in [6.45, 7) is 0. The molecule has 7 aromatic rings. The second kappa shape index (κ2) is 6.87. The van der Waals surface area contributed by atoms with Crippen LogP contribution in [-0.4, -0.2) is 14.5 Å². The zero-order valence-corrected chi connectivity index (χ0v) is 18.8. The van der Waals surface area contributed by atoms with Crippen molar-refractivity contribution in [3.8, 4) is 39.3 Å². The monoisotopic (exact) mass is 445 g/mol. The average Bonchev–Trinajstić information content (AvgIpc) is 3.43. The third-order valence-corrected chi connectivity index (χ3v) is 7.18. The van der Waals surface area contributed by atoms with Crippen LogP contribution in [0, 0.1) is 0 Å². The van der Waals surface area contributed by atoms with E-state index in [1.165, 1.54) is 44.0 Å². The number of rotatable bonds is 2. The maximum atomic E-state index is 5.18. The van der Waals surface area contributed by atoms with Gasteiger partial charge in [0.1, 0.15) is 5.82 Å². The van der Waals surface area contributed by atoms with Gasteiger partial charge in [0.2, 0.25) is 0 Å². The van der Waals surface area contributed by atoms with Gasteiger partial charge in [-0.1, -0.05) is 72.8 Å².